The van der Waals surface area contributed by atoms with E-state index in [0.717, 1.165) is 42.1 Å². The van der Waals surface area contributed by atoms with Gasteiger partial charge in [0.15, 0.2) is 0 Å². The average molecular weight is 473 g/mol. The van der Waals surface area contributed by atoms with E-state index in [1.54, 1.807) is 0 Å². The molecule has 0 fully saturated rings. The van der Waals surface area contributed by atoms with Gasteiger partial charge in [-0.15, -0.1) is 0 Å². The summed E-state index contributed by atoms with van der Waals surface area (Å²) in [5.41, 5.74) is 4.08. The molecule has 0 aromatic heterocycles. The van der Waals surface area contributed by atoms with Crippen LogP contribution in [0.5, 0.6) is 0 Å². The van der Waals surface area contributed by atoms with E-state index in [2.05, 4.69) is 74.5 Å². The van der Waals surface area contributed by atoms with Gasteiger partial charge in [-0.3, -0.25) is 4.99 Å². The summed E-state index contributed by atoms with van der Waals surface area (Å²) in [6.07, 6.45) is 23.9. The van der Waals surface area contributed by atoms with E-state index in [0.29, 0.717) is 0 Å². The summed E-state index contributed by atoms with van der Waals surface area (Å²) < 4.78 is 0. The van der Waals surface area contributed by atoms with Crippen molar-refractivity contribution in [1.29, 1.82) is 0 Å². The lowest BCUT2D eigenvalue weighted by molar-refractivity contribution is 0.557. The molecule has 0 heterocycles. The van der Waals surface area contributed by atoms with Gasteiger partial charge in [0, 0.05) is 0 Å². The first kappa shape index (κ1) is 28.8. The lowest BCUT2D eigenvalue weighted by Crippen LogP contribution is -2.12. The lowest BCUT2D eigenvalue weighted by atomic mass is 10.0. The molecular weight excluding hydrogens is 424 g/mol. The molecule has 2 aromatic carbocycles. The molecule has 0 saturated heterocycles. The van der Waals surface area contributed by atoms with Crippen LogP contribution in [0, 0.1) is 0 Å². The van der Waals surface area contributed by atoms with Gasteiger partial charge in [0.1, 0.15) is 0 Å². The maximum Gasteiger partial charge on any atom is 0.0848 e. The van der Waals surface area contributed by atoms with Gasteiger partial charge in [-0.05, 0) is 56.0 Å². The maximum atomic E-state index is 5.04. The van der Waals surface area contributed by atoms with Crippen molar-refractivity contribution in [2.45, 2.75) is 110 Å². The van der Waals surface area contributed by atoms with Gasteiger partial charge >= 0.3 is 0 Å². The molecule has 2 rings (SSSR count). The van der Waals surface area contributed by atoms with Gasteiger partial charge < -0.3 is 0 Å². The quantitative estimate of drug-likeness (QED) is 0.143. The molecule has 0 amide bonds. The fourth-order valence-electron chi connectivity index (χ4n) is 4.23. The van der Waals surface area contributed by atoms with Gasteiger partial charge in [-0.25, -0.2) is 4.99 Å². The second kappa shape index (κ2) is 19.8. The number of unbranched alkanes of at least 4 members (excludes halogenated alkanes) is 12. The molecule has 0 N–H and O–H groups in total. The average Bonchev–Trinajstić information content (AvgIpc) is 2.89. The fourth-order valence-corrected chi connectivity index (χ4v) is 4.23. The third kappa shape index (κ3) is 13.9. The van der Waals surface area contributed by atoms with E-state index >= 15 is 0 Å². The minimum absolute atomic E-state index is 0.955. The number of para-hydroxylation sites is 2. The van der Waals surface area contributed by atoms with Crippen LogP contribution >= 0.6 is 0 Å². The van der Waals surface area contributed by atoms with Crippen molar-refractivity contribution in [3.63, 3.8) is 0 Å². The summed E-state index contributed by atoms with van der Waals surface area (Å²) in [6.45, 7) is 4.54. The second-order valence-corrected chi connectivity index (χ2v) is 9.56. The van der Waals surface area contributed by atoms with E-state index < -0.39 is 0 Å². The zero-order valence-electron chi connectivity index (χ0n) is 22.4. The molecule has 0 aliphatic rings. The number of nitrogens with zero attached hydrogens (tertiary/aromatic N) is 2. The highest BCUT2D eigenvalue weighted by Gasteiger charge is 2.08. The standard InChI is InChI=1S/C33H48N2/c1-3-5-7-8-9-10-11-12-13-14-15-23-29-33(35-31-26-21-17-22-27-31)32(28-18-6-4-2)34-30-24-19-16-20-25-30/h16-17,19-27,29H,3-15,18,28H2,1-2H3. The number of hydrogen-bond donors (Lipinski definition) is 0. The predicted octanol–water partition coefficient (Wildman–Crippen LogP) is 11.0. The van der Waals surface area contributed by atoms with Crippen molar-refractivity contribution in [3.05, 3.63) is 72.8 Å². The zero-order valence-corrected chi connectivity index (χ0v) is 22.4. The van der Waals surface area contributed by atoms with Crippen LogP contribution in [0.3, 0.4) is 0 Å². The van der Waals surface area contributed by atoms with Crippen LogP contribution < -0.4 is 0 Å². The summed E-state index contributed by atoms with van der Waals surface area (Å²) in [7, 11) is 0. The van der Waals surface area contributed by atoms with Gasteiger partial charge in [-0.1, -0.05) is 127 Å². The maximum absolute atomic E-state index is 5.04. The molecule has 35 heavy (non-hydrogen) atoms. The first-order chi connectivity index (χ1) is 17.3. The number of aliphatic imine (C=N–C) groups is 2. The van der Waals surface area contributed by atoms with Crippen molar-refractivity contribution in [2.75, 3.05) is 0 Å². The van der Waals surface area contributed by atoms with Crippen molar-refractivity contribution >= 4 is 22.8 Å². The van der Waals surface area contributed by atoms with Crippen LogP contribution in [0.4, 0.5) is 11.4 Å². The zero-order chi connectivity index (χ0) is 24.8. The minimum Gasteiger partial charge on any atom is -0.251 e. The first-order valence-electron chi connectivity index (χ1n) is 14.3. The number of hydrogen-bond acceptors (Lipinski definition) is 2. The molecule has 0 saturated carbocycles. The highest BCUT2D eigenvalue weighted by molar-refractivity contribution is 6.47. The van der Waals surface area contributed by atoms with Crippen molar-refractivity contribution < 1.29 is 0 Å². The molecule has 2 aromatic rings. The molecular formula is C33H48N2. The lowest BCUT2D eigenvalue weighted by Gasteiger charge is -2.08. The van der Waals surface area contributed by atoms with E-state index in [9.17, 15) is 0 Å². The van der Waals surface area contributed by atoms with Crippen molar-refractivity contribution in [3.8, 4) is 0 Å². The topological polar surface area (TPSA) is 24.7 Å². The third-order valence-corrected chi connectivity index (χ3v) is 6.34. The molecule has 0 spiro atoms. The molecule has 2 heteroatoms. The highest BCUT2D eigenvalue weighted by atomic mass is 14.8. The van der Waals surface area contributed by atoms with Gasteiger partial charge in [-0.2, -0.15) is 0 Å². The van der Waals surface area contributed by atoms with E-state index in [1.165, 1.54) is 77.0 Å². The highest BCUT2D eigenvalue weighted by Crippen LogP contribution is 2.18. The van der Waals surface area contributed by atoms with Crippen LogP contribution in [0.2, 0.25) is 0 Å². The third-order valence-electron chi connectivity index (χ3n) is 6.34. The van der Waals surface area contributed by atoms with Crippen LogP contribution in [0.25, 0.3) is 0 Å². The minimum atomic E-state index is 0.955. The normalized spacial score (nSPS) is 12.5. The van der Waals surface area contributed by atoms with Crippen LogP contribution in [0.15, 0.2) is 82.8 Å². The molecule has 2 nitrogen and oxygen atoms in total. The van der Waals surface area contributed by atoms with Crippen LogP contribution in [0.1, 0.15) is 110 Å². The van der Waals surface area contributed by atoms with Crippen LogP contribution in [-0.2, 0) is 0 Å². The van der Waals surface area contributed by atoms with E-state index in [4.69, 9.17) is 9.98 Å². The van der Waals surface area contributed by atoms with E-state index in [1.807, 2.05) is 12.1 Å². The molecule has 0 atom stereocenters. The van der Waals surface area contributed by atoms with Crippen molar-refractivity contribution in [1.82, 2.24) is 0 Å². The Hall–Kier alpha value is -2.48. The second-order valence-electron chi connectivity index (χ2n) is 9.56. The van der Waals surface area contributed by atoms with Crippen LogP contribution in [-0.4, -0.2) is 11.4 Å². The SMILES string of the molecule is CCCCCCCCCCCCC=CC(=Nc1ccccc1)C(CCCCC)=Nc1ccccc1. The summed E-state index contributed by atoms with van der Waals surface area (Å²) in [4.78, 5) is 10.1. The Kier molecular flexibility index (Phi) is 16.3. The predicted molar refractivity (Wildman–Crippen MR) is 157 cm³/mol. The Bertz CT molecular complexity index is 849. The molecule has 190 valence electrons. The van der Waals surface area contributed by atoms with Gasteiger partial charge in [0.25, 0.3) is 0 Å². The summed E-state index contributed by atoms with van der Waals surface area (Å²) in [5.74, 6) is 0. The number of rotatable bonds is 19. The molecule has 0 radical (unpaired) electrons. The Balaban J connectivity index is 1.97. The molecule has 0 unspecified atom stereocenters. The Morgan fingerprint density at radius 3 is 1.63 bits per heavy atom. The Morgan fingerprint density at radius 2 is 1.06 bits per heavy atom. The van der Waals surface area contributed by atoms with E-state index in [-0.39, 0.29) is 0 Å². The first-order valence-corrected chi connectivity index (χ1v) is 14.3. The van der Waals surface area contributed by atoms with Gasteiger partial charge in [0.2, 0.25) is 0 Å². The Morgan fingerprint density at radius 1 is 0.571 bits per heavy atom. The van der Waals surface area contributed by atoms with Gasteiger partial charge in [0.05, 0.1) is 22.8 Å². The smallest absolute Gasteiger partial charge is 0.0848 e. The molecule has 0 bridgehead atoms. The summed E-state index contributed by atoms with van der Waals surface area (Å²) in [5, 5.41) is 0. The van der Waals surface area contributed by atoms with Crippen molar-refractivity contribution in [2.24, 2.45) is 9.98 Å². The Labute approximate surface area is 215 Å². The fraction of sp³-hybridized carbons (Fsp3) is 0.515. The molecule has 0 aliphatic heterocycles. The summed E-state index contributed by atoms with van der Waals surface area (Å²) >= 11 is 0. The largest absolute Gasteiger partial charge is 0.251 e. The molecule has 0 aliphatic carbocycles. The number of benzene rings is 2. The number of allylic oxidation sites excluding steroid dienone is 2. The summed E-state index contributed by atoms with van der Waals surface area (Å²) in [6, 6.07) is 20.6. The monoisotopic (exact) mass is 472 g/mol.